The van der Waals surface area contributed by atoms with Crippen molar-refractivity contribution in [1.29, 1.82) is 0 Å². The molecule has 0 spiro atoms. The summed E-state index contributed by atoms with van der Waals surface area (Å²) in [6.07, 6.45) is 3.13. The molecule has 0 aliphatic rings. The van der Waals surface area contributed by atoms with Crippen molar-refractivity contribution in [3.05, 3.63) is 18.1 Å². The van der Waals surface area contributed by atoms with Gasteiger partial charge in [-0.2, -0.15) is 0 Å². The Morgan fingerprint density at radius 2 is 2.08 bits per heavy atom. The van der Waals surface area contributed by atoms with E-state index in [0.29, 0.717) is 11.5 Å². The molecular weight excluding hydrogens is 186 g/mol. The summed E-state index contributed by atoms with van der Waals surface area (Å²) in [6.45, 7) is 0. The molecule has 0 radical (unpaired) electrons. The van der Waals surface area contributed by atoms with E-state index in [0.717, 1.165) is 0 Å². The van der Waals surface area contributed by atoms with Crippen LogP contribution >= 0.6 is 12.2 Å². The van der Waals surface area contributed by atoms with Crippen molar-refractivity contribution in [3.63, 3.8) is 0 Å². The van der Waals surface area contributed by atoms with E-state index in [1.807, 2.05) is 14.1 Å². The van der Waals surface area contributed by atoms with Gasteiger partial charge < -0.3 is 11.2 Å². The zero-order chi connectivity index (χ0) is 9.84. The summed E-state index contributed by atoms with van der Waals surface area (Å²) in [5.74, 6) is 0.569. The van der Waals surface area contributed by atoms with Crippen molar-refractivity contribution in [2.45, 2.75) is 0 Å². The van der Waals surface area contributed by atoms with E-state index in [1.54, 1.807) is 17.4 Å². The molecule has 0 atom stereocenters. The van der Waals surface area contributed by atoms with Gasteiger partial charge in [0, 0.05) is 26.5 Å². The Hall–Kier alpha value is -1.27. The summed E-state index contributed by atoms with van der Waals surface area (Å²) >= 11 is 4.82. The highest BCUT2D eigenvalue weighted by Gasteiger charge is 2.06. The minimum atomic E-state index is 0.234. The number of thiocarbonyl (C=S) groups is 1. The lowest BCUT2D eigenvalue weighted by atomic mass is 10.4. The summed E-state index contributed by atoms with van der Waals surface area (Å²) in [4.78, 5) is 8.30. The lowest BCUT2D eigenvalue weighted by Crippen LogP contribution is -2.24. The van der Waals surface area contributed by atoms with Crippen molar-refractivity contribution < 1.29 is 0 Å². The third kappa shape index (κ3) is 2.60. The summed E-state index contributed by atoms with van der Waals surface area (Å²) in [6, 6.07) is 0. The predicted molar refractivity (Wildman–Crippen MR) is 55.2 cm³/mol. The van der Waals surface area contributed by atoms with Gasteiger partial charge in [0.2, 0.25) is 0 Å². The molecule has 0 bridgehead atoms. The molecule has 6 heteroatoms. The Bertz CT molecular complexity index is 312. The third-order valence-electron chi connectivity index (χ3n) is 1.26. The van der Waals surface area contributed by atoms with Gasteiger partial charge in [-0.1, -0.05) is 12.2 Å². The topological polar surface area (TPSA) is 67.1 Å². The van der Waals surface area contributed by atoms with Crippen LogP contribution < -0.4 is 11.2 Å². The number of aromatic nitrogens is 2. The molecular formula is C7H11N5S. The lowest BCUT2D eigenvalue weighted by molar-refractivity contribution is 0.491. The average Bonchev–Trinajstić information content (AvgIpc) is 2.03. The van der Waals surface area contributed by atoms with Gasteiger partial charge in [0.15, 0.2) is 5.82 Å². The van der Waals surface area contributed by atoms with Gasteiger partial charge in [-0.3, -0.25) is 0 Å². The molecule has 0 amide bonds. The number of nitrogens with one attached hydrogen (secondary N) is 1. The number of nitrogens with zero attached hydrogens (tertiary/aromatic N) is 3. The molecule has 70 valence electrons. The second-order valence-electron chi connectivity index (χ2n) is 2.62. The van der Waals surface area contributed by atoms with Crippen molar-refractivity contribution in [3.8, 4) is 0 Å². The minimum absolute atomic E-state index is 0.234. The third-order valence-corrected chi connectivity index (χ3v) is 1.45. The number of anilines is 1. The normalized spacial score (nSPS) is 10.1. The fourth-order valence-electron chi connectivity index (χ4n) is 0.812. The average molecular weight is 197 g/mol. The highest BCUT2D eigenvalue weighted by atomic mass is 32.1. The standard InChI is InChI=1S/C7H11N5S/c1-12(2)11-7-5(6(8)13)9-3-4-10-7/h3-4H,1-2H3,(H2,8,13)(H,10,11). The van der Waals surface area contributed by atoms with Crippen LogP contribution in [-0.4, -0.2) is 34.1 Å². The first-order chi connectivity index (χ1) is 6.11. The Balaban J connectivity index is 2.98. The van der Waals surface area contributed by atoms with Gasteiger partial charge in [0.25, 0.3) is 0 Å². The van der Waals surface area contributed by atoms with Crippen LogP contribution in [-0.2, 0) is 0 Å². The maximum atomic E-state index is 5.46. The summed E-state index contributed by atoms with van der Waals surface area (Å²) in [7, 11) is 3.69. The molecule has 0 unspecified atom stereocenters. The molecule has 13 heavy (non-hydrogen) atoms. The van der Waals surface area contributed by atoms with Crippen molar-refractivity contribution in [1.82, 2.24) is 15.0 Å². The molecule has 3 N–H and O–H groups in total. The molecule has 0 saturated heterocycles. The smallest absolute Gasteiger partial charge is 0.169 e. The highest BCUT2D eigenvalue weighted by Crippen LogP contribution is 2.07. The second kappa shape index (κ2) is 4.11. The molecule has 0 fully saturated rings. The SMILES string of the molecule is CN(C)Nc1nccnc1C(N)=S. The molecule has 0 aliphatic carbocycles. The molecule has 1 heterocycles. The number of hydrogen-bond donors (Lipinski definition) is 2. The lowest BCUT2D eigenvalue weighted by Gasteiger charge is -2.14. The predicted octanol–water partition coefficient (Wildman–Crippen LogP) is -0.000700. The molecule has 1 aromatic rings. The van der Waals surface area contributed by atoms with Crippen LogP contribution in [0.1, 0.15) is 5.69 Å². The largest absolute Gasteiger partial charge is 0.388 e. The summed E-state index contributed by atoms with van der Waals surface area (Å²) < 4.78 is 0. The van der Waals surface area contributed by atoms with Gasteiger partial charge in [-0.15, -0.1) is 0 Å². The summed E-state index contributed by atoms with van der Waals surface area (Å²) in [5.41, 5.74) is 8.91. The molecule has 0 aliphatic heterocycles. The van der Waals surface area contributed by atoms with Crippen molar-refractivity contribution in [2.75, 3.05) is 19.5 Å². The van der Waals surface area contributed by atoms with Crippen LogP contribution in [0.4, 0.5) is 5.82 Å². The van der Waals surface area contributed by atoms with Gasteiger partial charge in [0.05, 0.1) is 0 Å². The molecule has 0 saturated carbocycles. The highest BCUT2D eigenvalue weighted by molar-refractivity contribution is 7.80. The van der Waals surface area contributed by atoms with Gasteiger partial charge in [-0.05, 0) is 0 Å². The van der Waals surface area contributed by atoms with Crippen molar-refractivity contribution >= 4 is 23.0 Å². The number of hydrogen-bond acceptors (Lipinski definition) is 5. The van der Waals surface area contributed by atoms with Gasteiger partial charge >= 0.3 is 0 Å². The van der Waals surface area contributed by atoms with E-state index in [4.69, 9.17) is 18.0 Å². The van der Waals surface area contributed by atoms with Crippen LogP contribution in [0.2, 0.25) is 0 Å². The van der Waals surface area contributed by atoms with Crippen LogP contribution in [0.5, 0.6) is 0 Å². The number of nitrogens with two attached hydrogens (primary N) is 1. The van der Waals surface area contributed by atoms with E-state index in [-0.39, 0.29) is 4.99 Å². The number of hydrazine groups is 1. The maximum absolute atomic E-state index is 5.46. The second-order valence-corrected chi connectivity index (χ2v) is 3.06. The van der Waals surface area contributed by atoms with Crippen LogP contribution in [0.3, 0.4) is 0 Å². The summed E-state index contributed by atoms with van der Waals surface area (Å²) in [5, 5.41) is 1.74. The Morgan fingerprint density at radius 3 is 2.62 bits per heavy atom. The monoisotopic (exact) mass is 197 g/mol. The maximum Gasteiger partial charge on any atom is 0.169 e. The Labute approximate surface area is 81.9 Å². The Kier molecular flexibility index (Phi) is 3.10. The van der Waals surface area contributed by atoms with Crippen molar-refractivity contribution in [2.24, 2.45) is 5.73 Å². The first-order valence-electron chi connectivity index (χ1n) is 3.66. The first-order valence-corrected chi connectivity index (χ1v) is 4.07. The van der Waals surface area contributed by atoms with Crippen LogP contribution in [0.15, 0.2) is 12.4 Å². The van der Waals surface area contributed by atoms with E-state index >= 15 is 0 Å². The molecule has 1 aromatic heterocycles. The molecule has 0 aromatic carbocycles. The minimum Gasteiger partial charge on any atom is -0.388 e. The zero-order valence-corrected chi connectivity index (χ0v) is 8.30. The van der Waals surface area contributed by atoms with Crippen LogP contribution in [0.25, 0.3) is 0 Å². The Morgan fingerprint density at radius 1 is 1.46 bits per heavy atom. The van der Waals surface area contributed by atoms with E-state index in [1.165, 1.54) is 0 Å². The number of rotatable bonds is 3. The fraction of sp³-hybridized carbons (Fsp3) is 0.286. The zero-order valence-electron chi connectivity index (χ0n) is 7.48. The van der Waals surface area contributed by atoms with Gasteiger partial charge in [-0.25, -0.2) is 15.0 Å². The van der Waals surface area contributed by atoms with Crippen LogP contribution in [0, 0.1) is 0 Å². The molecule has 1 rings (SSSR count). The van der Waals surface area contributed by atoms with E-state index < -0.39 is 0 Å². The quantitative estimate of drug-likeness (QED) is 0.525. The van der Waals surface area contributed by atoms with E-state index in [2.05, 4.69) is 15.4 Å². The van der Waals surface area contributed by atoms with E-state index in [9.17, 15) is 0 Å². The fourth-order valence-corrected chi connectivity index (χ4v) is 0.961. The first kappa shape index (κ1) is 9.82. The van der Waals surface area contributed by atoms with Gasteiger partial charge in [0.1, 0.15) is 10.7 Å². The molecule has 5 nitrogen and oxygen atoms in total.